The van der Waals surface area contributed by atoms with Crippen molar-refractivity contribution in [3.63, 3.8) is 0 Å². The van der Waals surface area contributed by atoms with E-state index in [4.69, 9.17) is 0 Å². The van der Waals surface area contributed by atoms with E-state index in [-0.39, 0.29) is 5.54 Å². The first kappa shape index (κ1) is 10.7. The monoisotopic (exact) mass is 230 g/mol. The highest BCUT2D eigenvalue weighted by molar-refractivity contribution is 5.70. The van der Waals surface area contributed by atoms with Crippen molar-refractivity contribution in [1.82, 2.24) is 20.3 Å². The summed E-state index contributed by atoms with van der Waals surface area (Å²) in [7, 11) is 0. The molecule has 0 spiro atoms. The van der Waals surface area contributed by atoms with Crippen molar-refractivity contribution >= 4 is 11.2 Å². The van der Waals surface area contributed by atoms with Gasteiger partial charge in [-0.25, -0.2) is 9.97 Å². The Hall–Kier alpha value is -1.42. The molecule has 1 atom stereocenters. The first-order valence-corrected chi connectivity index (χ1v) is 6.40. The lowest BCUT2D eigenvalue weighted by Gasteiger charge is -2.26. The van der Waals surface area contributed by atoms with Gasteiger partial charge in [0.1, 0.15) is 5.82 Å². The highest BCUT2D eigenvalue weighted by Crippen LogP contribution is 2.34. The Morgan fingerprint density at radius 2 is 2.41 bits per heavy atom. The molecule has 0 saturated carbocycles. The smallest absolute Gasteiger partial charge is 0.177 e. The Kier molecular flexibility index (Phi) is 2.59. The summed E-state index contributed by atoms with van der Waals surface area (Å²) in [5, 5.41) is 3.63. The number of aromatic amines is 1. The third-order valence-corrected chi connectivity index (χ3v) is 3.63. The zero-order valence-corrected chi connectivity index (χ0v) is 10.2. The maximum Gasteiger partial charge on any atom is 0.177 e. The van der Waals surface area contributed by atoms with Crippen LogP contribution in [0.2, 0.25) is 0 Å². The van der Waals surface area contributed by atoms with E-state index < -0.39 is 0 Å². The second-order valence-corrected chi connectivity index (χ2v) is 4.82. The van der Waals surface area contributed by atoms with Crippen molar-refractivity contribution in [3.05, 3.63) is 24.2 Å². The Bertz CT molecular complexity index is 478. The fraction of sp³-hybridized carbons (Fsp3) is 0.538. The second kappa shape index (κ2) is 4.11. The second-order valence-electron chi connectivity index (χ2n) is 4.82. The Morgan fingerprint density at radius 1 is 1.47 bits per heavy atom. The summed E-state index contributed by atoms with van der Waals surface area (Å²) in [6.07, 6.45) is 6.48. The van der Waals surface area contributed by atoms with Crippen LogP contribution in [-0.2, 0) is 5.54 Å². The molecule has 90 valence electrons. The van der Waals surface area contributed by atoms with Crippen LogP contribution in [0.25, 0.3) is 11.2 Å². The van der Waals surface area contributed by atoms with E-state index in [1.54, 1.807) is 6.20 Å². The first-order valence-electron chi connectivity index (χ1n) is 6.40. The Labute approximate surface area is 101 Å². The molecule has 1 unspecified atom stereocenters. The van der Waals surface area contributed by atoms with Crippen LogP contribution in [0.5, 0.6) is 0 Å². The molecule has 2 aromatic rings. The van der Waals surface area contributed by atoms with Gasteiger partial charge >= 0.3 is 0 Å². The van der Waals surface area contributed by atoms with Gasteiger partial charge < -0.3 is 10.3 Å². The molecule has 1 saturated heterocycles. The summed E-state index contributed by atoms with van der Waals surface area (Å²) in [4.78, 5) is 12.4. The van der Waals surface area contributed by atoms with E-state index >= 15 is 0 Å². The molecule has 0 amide bonds. The number of nitrogens with zero attached hydrogens (tertiary/aromatic N) is 2. The molecule has 1 aliphatic heterocycles. The SMILES string of the molecule is CCCC1(c2nc3ncccc3[nH]2)CCCN1. The number of H-pyrrole nitrogens is 1. The lowest BCUT2D eigenvalue weighted by Crippen LogP contribution is -2.37. The number of hydrogen-bond acceptors (Lipinski definition) is 3. The normalized spacial score (nSPS) is 24.5. The quantitative estimate of drug-likeness (QED) is 0.851. The molecule has 0 aliphatic carbocycles. The maximum absolute atomic E-state index is 4.66. The molecule has 1 aliphatic rings. The van der Waals surface area contributed by atoms with Crippen molar-refractivity contribution in [2.45, 2.75) is 38.1 Å². The van der Waals surface area contributed by atoms with E-state index in [9.17, 15) is 0 Å². The van der Waals surface area contributed by atoms with Gasteiger partial charge in [0, 0.05) is 6.20 Å². The maximum atomic E-state index is 4.66. The van der Waals surface area contributed by atoms with Gasteiger partial charge in [0.2, 0.25) is 0 Å². The predicted molar refractivity (Wildman–Crippen MR) is 67.7 cm³/mol. The summed E-state index contributed by atoms with van der Waals surface area (Å²) >= 11 is 0. The zero-order chi connectivity index (χ0) is 11.7. The number of aromatic nitrogens is 3. The van der Waals surface area contributed by atoms with Crippen LogP contribution in [0.3, 0.4) is 0 Å². The molecular formula is C13H18N4. The Morgan fingerprint density at radius 3 is 3.12 bits per heavy atom. The summed E-state index contributed by atoms with van der Waals surface area (Å²) in [5.41, 5.74) is 1.91. The summed E-state index contributed by atoms with van der Waals surface area (Å²) in [5.74, 6) is 1.06. The highest BCUT2D eigenvalue weighted by Gasteiger charge is 2.37. The van der Waals surface area contributed by atoms with Crippen LogP contribution in [0, 0.1) is 0 Å². The van der Waals surface area contributed by atoms with E-state index in [1.807, 2.05) is 12.1 Å². The minimum Gasteiger partial charge on any atom is -0.339 e. The third-order valence-electron chi connectivity index (χ3n) is 3.63. The Balaban J connectivity index is 2.05. The van der Waals surface area contributed by atoms with Crippen LogP contribution in [-0.4, -0.2) is 21.5 Å². The van der Waals surface area contributed by atoms with Gasteiger partial charge in [-0.15, -0.1) is 0 Å². The summed E-state index contributed by atoms with van der Waals surface area (Å²) in [6.45, 7) is 3.31. The lowest BCUT2D eigenvalue weighted by atomic mass is 9.91. The summed E-state index contributed by atoms with van der Waals surface area (Å²) in [6, 6.07) is 3.98. The van der Waals surface area contributed by atoms with Crippen molar-refractivity contribution in [2.24, 2.45) is 0 Å². The van der Waals surface area contributed by atoms with Gasteiger partial charge in [-0.2, -0.15) is 0 Å². The molecule has 3 rings (SSSR count). The molecule has 0 radical (unpaired) electrons. The van der Waals surface area contributed by atoms with E-state index in [0.717, 1.165) is 36.4 Å². The van der Waals surface area contributed by atoms with Gasteiger partial charge in [-0.05, 0) is 37.9 Å². The average molecular weight is 230 g/mol. The zero-order valence-electron chi connectivity index (χ0n) is 10.2. The fourth-order valence-corrected chi connectivity index (χ4v) is 2.84. The van der Waals surface area contributed by atoms with Crippen molar-refractivity contribution in [2.75, 3.05) is 6.54 Å². The van der Waals surface area contributed by atoms with Crippen LogP contribution in [0.4, 0.5) is 0 Å². The molecule has 2 aromatic heterocycles. The molecule has 4 nitrogen and oxygen atoms in total. The first-order chi connectivity index (χ1) is 8.34. The lowest BCUT2D eigenvalue weighted by molar-refractivity contribution is 0.338. The van der Waals surface area contributed by atoms with Crippen molar-refractivity contribution < 1.29 is 0 Å². The molecular weight excluding hydrogens is 212 g/mol. The molecule has 0 aromatic carbocycles. The van der Waals surface area contributed by atoms with Crippen molar-refractivity contribution in [3.8, 4) is 0 Å². The van der Waals surface area contributed by atoms with Crippen molar-refractivity contribution in [1.29, 1.82) is 0 Å². The number of pyridine rings is 1. The predicted octanol–water partition coefficient (Wildman–Crippen LogP) is 2.34. The van der Waals surface area contributed by atoms with Crippen LogP contribution in [0.15, 0.2) is 18.3 Å². The molecule has 0 bridgehead atoms. The third kappa shape index (κ3) is 1.72. The van der Waals surface area contributed by atoms with Gasteiger partial charge in [-0.1, -0.05) is 13.3 Å². The van der Waals surface area contributed by atoms with Crippen LogP contribution < -0.4 is 5.32 Å². The molecule has 17 heavy (non-hydrogen) atoms. The number of fused-ring (bicyclic) bond motifs is 1. The minimum absolute atomic E-state index is 0.0510. The van der Waals surface area contributed by atoms with Gasteiger partial charge in [-0.3, -0.25) is 0 Å². The van der Waals surface area contributed by atoms with Crippen LogP contribution >= 0.6 is 0 Å². The molecule has 1 fully saturated rings. The molecule has 4 heteroatoms. The van der Waals surface area contributed by atoms with Crippen LogP contribution in [0.1, 0.15) is 38.4 Å². The average Bonchev–Trinajstić information content (AvgIpc) is 2.95. The van der Waals surface area contributed by atoms with Gasteiger partial charge in [0.25, 0.3) is 0 Å². The van der Waals surface area contributed by atoms with Gasteiger partial charge in [0.15, 0.2) is 5.65 Å². The topological polar surface area (TPSA) is 53.6 Å². The van der Waals surface area contributed by atoms with Gasteiger partial charge in [0.05, 0.1) is 11.1 Å². The summed E-state index contributed by atoms with van der Waals surface area (Å²) < 4.78 is 0. The minimum atomic E-state index is 0.0510. The van der Waals surface area contributed by atoms with E-state index in [0.29, 0.717) is 0 Å². The molecule has 2 N–H and O–H groups in total. The highest BCUT2D eigenvalue weighted by atomic mass is 15.1. The number of hydrogen-bond donors (Lipinski definition) is 2. The number of imidazole rings is 1. The fourth-order valence-electron chi connectivity index (χ4n) is 2.84. The van der Waals surface area contributed by atoms with E-state index in [2.05, 4.69) is 27.2 Å². The molecule has 3 heterocycles. The number of rotatable bonds is 3. The largest absolute Gasteiger partial charge is 0.339 e. The standard InChI is InChI=1S/C13H18N4/c1-2-6-13(7-4-9-15-13)12-16-10-5-3-8-14-11(10)17-12/h3,5,8,15H,2,4,6-7,9H2,1H3,(H,14,16,17). The van der Waals surface area contributed by atoms with E-state index in [1.165, 1.54) is 12.8 Å². The number of nitrogens with one attached hydrogen (secondary N) is 2.